The van der Waals surface area contributed by atoms with Gasteiger partial charge in [0.05, 0.1) is 5.92 Å². The summed E-state index contributed by atoms with van der Waals surface area (Å²) in [7, 11) is 0. The molecule has 1 unspecified atom stereocenters. The maximum absolute atomic E-state index is 12.3. The molecule has 0 radical (unpaired) electrons. The molecule has 3 N–H and O–H groups in total. The monoisotopic (exact) mass is 374 g/mol. The van der Waals surface area contributed by atoms with E-state index in [9.17, 15) is 9.59 Å². The molecule has 0 heterocycles. The number of hydrogen-bond donors (Lipinski definition) is 3. The molecule has 142 valence electrons. The smallest absolute Gasteiger partial charge is 0.255 e. The van der Waals surface area contributed by atoms with E-state index in [-0.39, 0.29) is 5.91 Å². The fourth-order valence-electron chi connectivity index (χ4n) is 3.13. The second kappa shape index (κ2) is 9.48. The Morgan fingerprint density at radius 1 is 0.821 bits per heavy atom. The molecule has 2 amide bonds. The normalized spacial score (nSPS) is 11.5. The fraction of sp³-hybridized carbons (Fsp3) is 0.130. The van der Waals surface area contributed by atoms with Gasteiger partial charge in [-0.3, -0.25) is 14.8 Å². The van der Waals surface area contributed by atoms with Crippen LogP contribution in [0.2, 0.25) is 0 Å². The average Bonchev–Trinajstić information content (AvgIpc) is 2.74. The Balaban J connectivity index is 1.73. The topological polar surface area (TPSA) is 78.4 Å². The quantitative estimate of drug-likeness (QED) is 0.434. The zero-order valence-corrected chi connectivity index (χ0v) is 15.3. The summed E-state index contributed by atoms with van der Waals surface area (Å²) in [4.78, 5) is 24.6. The van der Waals surface area contributed by atoms with E-state index in [1.807, 2.05) is 60.7 Å². The fourth-order valence-corrected chi connectivity index (χ4v) is 3.13. The lowest BCUT2D eigenvalue weighted by Crippen LogP contribution is -2.27. The van der Waals surface area contributed by atoms with Crippen LogP contribution in [0.3, 0.4) is 0 Å². The average molecular weight is 374 g/mol. The second-order valence-corrected chi connectivity index (χ2v) is 6.48. The minimum absolute atomic E-state index is 0.0936. The Hall–Kier alpha value is -3.44. The first-order valence-corrected chi connectivity index (χ1v) is 9.10. The van der Waals surface area contributed by atoms with E-state index >= 15 is 0 Å². The van der Waals surface area contributed by atoms with Crippen molar-refractivity contribution in [1.29, 1.82) is 0 Å². The molecule has 0 aliphatic carbocycles. The lowest BCUT2D eigenvalue weighted by molar-refractivity contribution is -0.129. The van der Waals surface area contributed by atoms with Crippen molar-refractivity contribution in [2.75, 3.05) is 5.32 Å². The van der Waals surface area contributed by atoms with Crippen molar-refractivity contribution in [3.05, 3.63) is 102 Å². The highest BCUT2D eigenvalue weighted by molar-refractivity contribution is 5.91. The van der Waals surface area contributed by atoms with E-state index in [4.69, 9.17) is 5.21 Å². The first kappa shape index (κ1) is 19.3. The molecule has 0 bridgehead atoms. The summed E-state index contributed by atoms with van der Waals surface area (Å²) < 4.78 is 0. The maximum atomic E-state index is 12.3. The molecule has 0 saturated heterocycles. The first-order chi connectivity index (χ1) is 13.7. The molecular formula is C23H22N2O3. The van der Waals surface area contributed by atoms with Crippen molar-refractivity contribution in [3.8, 4) is 0 Å². The highest BCUT2D eigenvalue weighted by Gasteiger charge is 2.22. The Morgan fingerprint density at radius 3 is 2.14 bits per heavy atom. The van der Waals surface area contributed by atoms with Gasteiger partial charge in [0, 0.05) is 12.1 Å². The molecule has 3 rings (SSSR count). The lowest BCUT2D eigenvalue weighted by Gasteiger charge is -2.17. The van der Waals surface area contributed by atoms with E-state index in [0.29, 0.717) is 24.1 Å². The zero-order valence-electron chi connectivity index (χ0n) is 15.3. The van der Waals surface area contributed by atoms with Crippen molar-refractivity contribution in [1.82, 2.24) is 5.48 Å². The third-order valence-electron chi connectivity index (χ3n) is 4.49. The van der Waals surface area contributed by atoms with Gasteiger partial charge in [0.2, 0.25) is 5.91 Å². The minimum atomic E-state index is -0.674. The number of aryl methyl sites for hydroxylation is 1. The highest BCUT2D eigenvalue weighted by atomic mass is 16.5. The van der Waals surface area contributed by atoms with E-state index in [1.165, 1.54) is 0 Å². The molecule has 0 aliphatic heterocycles. The summed E-state index contributed by atoms with van der Waals surface area (Å²) in [5.41, 5.74) is 4.89. The van der Waals surface area contributed by atoms with Gasteiger partial charge in [-0.2, -0.15) is 0 Å². The minimum Gasteiger partial charge on any atom is -0.326 e. The van der Waals surface area contributed by atoms with E-state index in [0.717, 1.165) is 11.1 Å². The predicted octanol–water partition coefficient (Wildman–Crippen LogP) is 3.90. The van der Waals surface area contributed by atoms with Gasteiger partial charge in [0.1, 0.15) is 0 Å². The molecule has 0 saturated carbocycles. The van der Waals surface area contributed by atoms with Gasteiger partial charge in [-0.25, -0.2) is 5.48 Å². The van der Waals surface area contributed by atoms with Crippen LogP contribution in [0.5, 0.6) is 0 Å². The van der Waals surface area contributed by atoms with Gasteiger partial charge < -0.3 is 5.32 Å². The number of hydroxylamine groups is 1. The van der Waals surface area contributed by atoms with Gasteiger partial charge in [-0.1, -0.05) is 72.8 Å². The van der Waals surface area contributed by atoms with E-state index < -0.39 is 11.8 Å². The molecule has 1 atom stereocenters. The van der Waals surface area contributed by atoms with Crippen LogP contribution in [0.4, 0.5) is 5.69 Å². The van der Waals surface area contributed by atoms with E-state index in [2.05, 4.69) is 5.32 Å². The standard InChI is InChI=1S/C23H22N2O3/c26-21(15-14-17-8-3-1-4-9-17)24-20-13-7-12-19(16-20)22(23(27)25-28)18-10-5-2-6-11-18/h1-13,16,22,28H,14-15H2,(H,24,26)(H,25,27). The Labute approximate surface area is 164 Å². The summed E-state index contributed by atoms with van der Waals surface area (Å²) in [5.74, 6) is -1.30. The predicted molar refractivity (Wildman–Crippen MR) is 108 cm³/mol. The van der Waals surface area contributed by atoms with Gasteiger partial charge in [-0.15, -0.1) is 0 Å². The molecule has 5 nitrogen and oxygen atoms in total. The first-order valence-electron chi connectivity index (χ1n) is 9.10. The molecule has 28 heavy (non-hydrogen) atoms. The van der Waals surface area contributed by atoms with Crippen molar-refractivity contribution in [2.45, 2.75) is 18.8 Å². The number of carbonyl (C=O) groups excluding carboxylic acids is 2. The van der Waals surface area contributed by atoms with Gasteiger partial charge in [-0.05, 0) is 35.2 Å². The SMILES string of the molecule is O=C(CCc1ccccc1)Nc1cccc(C(C(=O)NO)c2ccccc2)c1. The lowest BCUT2D eigenvalue weighted by atomic mass is 9.90. The number of nitrogens with one attached hydrogen (secondary N) is 2. The molecule has 0 spiro atoms. The highest BCUT2D eigenvalue weighted by Crippen LogP contribution is 2.27. The Kier molecular flexibility index (Phi) is 6.54. The summed E-state index contributed by atoms with van der Waals surface area (Å²) in [6, 6.07) is 26.1. The zero-order chi connectivity index (χ0) is 19.8. The van der Waals surface area contributed by atoms with Gasteiger partial charge in [0.25, 0.3) is 5.91 Å². The molecule has 3 aromatic rings. The molecule has 0 aromatic heterocycles. The number of anilines is 1. The van der Waals surface area contributed by atoms with E-state index in [1.54, 1.807) is 29.7 Å². The summed E-state index contributed by atoms with van der Waals surface area (Å²) in [6.45, 7) is 0. The molecule has 0 aliphatic rings. The van der Waals surface area contributed by atoms with Crippen molar-refractivity contribution < 1.29 is 14.8 Å². The molecular weight excluding hydrogens is 352 g/mol. The molecule has 5 heteroatoms. The van der Waals surface area contributed by atoms with Crippen LogP contribution in [0.15, 0.2) is 84.9 Å². The summed E-state index contributed by atoms with van der Waals surface area (Å²) in [5, 5.41) is 12.0. The van der Waals surface area contributed by atoms with Crippen LogP contribution in [0.25, 0.3) is 0 Å². The molecule has 0 fully saturated rings. The number of carbonyl (C=O) groups is 2. The maximum Gasteiger partial charge on any atom is 0.255 e. The van der Waals surface area contributed by atoms with Crippen LogP contribution in [0.1, 0.15) is 29.0 Å². The van der Waals surface area contributed by atoms with Crippen LogP contribution in [-0.2, 0) is 16.0 Å². The van der Waals surface area contributed by atoms with Gasteiger partial charge >= 0.3 is 0 Å². The van der Waals surface area contributed by atoms with Gasteiger partial charge in [0.15, 0.2) is 0 Å². The number of amides is 2. The van der Waals surface area contributed by atoms with Crippen molar-refractivity contribution in [2.24, 2.45) is 0 Å². The Morgan fingerprint density at radius 2 is 1.46 bits per heavy atom. The third kappa shape index (κ3) is 5.05. The number of hydrogen-bond acceptors (Lipinski definition) is 3. The number of benzene rings is 3. The van der Waals surface area contributed by atoms with Crippen LogP contribution in [-0.4, -0.2) is 17.0 Å². The molecule has 3 aromatic carbocycles. The Bertz CT molecular complexity index is 927. The van der Waals surface area contributed by atoms with Crippen LogP contribution < -0.4 is 10.8 Å². The number of rotatable bonds is 7. The largest absolute Gasteiger partial charge is 0.326 e. The van der Waals surface area contributed by atoms with Crippen molar-refractivity contribution >= 4 is 17.5 Å². The summed E-state index contributed by atoms with van der Waals surface area (Å²) in [6.07, 6.45) is 1.03. The van der Waals surface area contributed by atoms with Crippen LogP contribution >= 0.6 is 0 Å². The third-order valence-corrected chi connectivity index (χ3v) is 4.49. The van der Waals surface area contributed by atoms with Crippen molar-refractivity contribution in [3.63, 3.8) is 0 Å². The summed E-state index contributed by atoms with van der Waals surface area (Å²) >= 11 is 0. The second-order valence-electron chi connectivity index (χ2n) is 6.48. The van der Waals surface area contributed by atoms with Crippen LogP contribution in [0, 0.1) is 0 Å².